The first-order valence-electron chi connectivity index (χ1n) is 7.43. The second-order valence-corrected chi connectivity index (χ2v) is 7.00. The fourth-order valence-corrected chi connectivity index (χ4v) is 3.14. The van der Waals surface area contributed by atoms with Crippen LogP contribution in [-0.4, -0.2) is 10.9 Å². The van der Waals surface area contributed by atoms with Gasteiger partial charge in [0.2, 0.25) is 0 Å². The SMILES string of the molecule is Cc1ccc(NC(=O)c2ccccc2NCc2cnc(Cl)s2)cc1. The first-order chi connectivity index (χ1) is 11.6. The number of rotatable bonds is 5. The van der Waals surface area contributed by atoms with E-state index in [0.717, 1.165) is 21.8 Å². The number of nitrogens with zero attached hydrogens (tertiary/aromatic N) is 1. The van der Waals surface area contributed by atoms with Crippen LogP contribution >= 0.6 is 22.9 Å². The van der Waals surface area contributed by atoms with E-state index in [1.807, 2.05) is 49.4 Å². The first-order valence-corrected chi connectivity index (χ1v) is 8.62. The monoisotopic (exact) mass is 357 g/mol. The minimum atomic E-state index is -0.149. The van der Waals surface area contributed by atoms with Gasteiger partial charge < -0.3 is 10.6 Å². The zero-order valence-corrected chi connectivity index (χ0v) is 14.6. The Morgan fingerprint density at radius 3 is 2.62 bits per heavy atom. The summed E-state index contributed by atoms with van der Waals surface area (Å²) >= 11 is 7.26. The van der Waals surface area contributed by atoms with Crippen LogP contribution in [0.15, 0.2) is 54.7 Å². The molecule has 4 nitrogen and oxygen atoms in total. The Bertz CT molecular complexity index is 845. The number of carbonyl (C=O) groups is 1. The third-order valence-electron chi connectivity index (χ3n) is 3.46. The molecule has 0 radical (unpaired) electrons. The number of halogens is 1. The van der Waals surface area contributed by atoms with Crippen molar-refractivity contribution in [2.75, 3.05) is 10.6 Å². The molecule has 0 aliphatic carbocycles. The molecule has 0 saturated carbocycles. The number of hydrogen-bond acceptors (Lipinski definition) is 4. The van der Waals surface area contributed by atoms with Crippen LogP contribution in [0.3, 0.4) is 0 Å². The Balaban J connectivity index is 1.72. The largest absolute Gasteiger partial charge is 0.379 e. The third-order valence-corrected chi connectivity index (χ3v) is 4.57. The van der Waals surface area contributed by atoms with E-state index in [0.29, 0.717) is 16.6 Å². The van der Waals surface area contributed by atoms with Gasteiger partial charge in [0.15, 0.2) is 4.47 Å². The predicted molar refractivity (Wildman–Crippen MR) is 100 cm³/mol. The van der Waals surface area contributed by atoms with E-state index in [4.69, 9.17) is 11.6 Å². The zero-order valence-electron chi connectivity index (χ0n) is 13.0. The smallest absolute Gasteiger partial charge is 0.257 e. The van der Waals surface area contributed by atoms with Gasteiger partial charge in [-0.25, -0.2) is 4.98 Å². The minimum absolute atomic E-state index is 0.149. The number of anilines is 2. The molecule has 0 atom stereocenters. The third kappa shape index (κ3) is 4.13. The first kappa shape index (κ1) is 16.5. The van der Waals surface area contributed by atoms with Gasteiger partial charge in [0.25, 0.3) is 5.91 Å². The molecule has 1 amide bonds. The van der Waals surface area contributed by atoms with E-state index in [1.165, 1.54) is 11.3 Å². The maximum atomic E-state index is 12.6. The van der Waals surface area contributed by atoms with Crippen LogP contribution in [0.1, 0.15) is 20.8 Å². The summed E-state index contributed by atoms with van der Waals surface area (Å²) < 4.78 is 0.511. The topological polar surface area (TPSA) is 54.0 Å². The summed E-state index contributed by atoms with van der Waals surface area (Å²) in [6, 6.07) is 15.1. The predicted octanol–water partition coefficient (Wildman–Crippen LogP) is 4.97. The lowest BCUT2D eigenvalue weighted by atomic mass is 10.1. The highest BCUT2D eigenvalue weighted by Gasteiger charge is 2.11. The van der Waals surface area contributed by atoms with E-state index in [1.54, 1.807) is 12.3 Å². The van der Waals surface area contributed by atoms with Gasteiger partial charge in [-0.2, -0.15) is 0 Å². The summed E-state index contributed by atoms with van der Waals surface area (Å²) in [5.74, 6) is -0.149. The molecule has 0 bridgehead atoms. The molecular weight excluding hydrogens is 342 g/mol. The molecule has 0 saturated heterocycles. The number of nitrogens with one attached hydrogen (secondary N) is 2. The highest BCUT2D eigenvalue weighted by Crippen LogP contribution is 2.22. The Hall–Kier alpha value is -2.37. The maximum absolute atomic E-state index is 12.6. The number of para-hydroxylation sites is 1. The molecule has 0 spiro atoms. The summed E-state index contributed by atoms with van der Waals surface area (Å²) in [5.41, 5.74) is 3.29. The molecule has 6 heteroatoms. The number of carbonyl (C=O) groups excluding carboxylic acids is 1. The van der Waals surface area contributed by atoms with Crippen molar-refractivity contribution in [3.63, 3.8) is 0 Å². The fraction of sp³-hybridized carbons (Fsp3) is 0.111. The van der Waals surface area contributed by atoms with Crippen LogP contribution in [0, 0.1) is 6.92 Å². The molecule has 1 heterocycles. The molecule has 2 N–H and O–H groups in total. The highest BCUT2D eigenvalue weighted by molar-refractivity contribution is 7.15. The van der Waals surface area contributed by atoms with Crippen molar-refractivity contribution in [1.82, 2.24) is 4.98 Å². The quantitative estimate of drug-likeness (QED) is 0.677. The lowest BCUT2D eigenvalue weighted by molar-refractivity contribution is 0.102. The van der Waals surface area contributed by atoms with Crippen LogP contribution < -0.4 is 10.6 Å². The molecule has 2 aromatic carbocycles. The van der Waals surface area contributed by atoms with Crippen molar-refractivity contribution in [2.45, 2.75) is 13.5 Å². The van der Waals surface area contributed by atoms with E-state index >= 15 is 0 Å². The molecule has 0 aliphatic rings. The van der Waals surface area contributed by atoms with Gasteiger partial charge in [0, 0.05) is 22.4 Å². The normalized spacial score (nSPS) is 10.4. The van der Waals surface area contributed by atoms with Crippen molar-refractivity contribution in [3.05, 3.63) is 75.2 Å². The van der Waals surface area contributed by atoms with Gasteiger partial charge in [0.05, 0.1) is 12.1 Å². The molecule has 122 valence electrons. The van der Waals surface area contributed by atoms with Gasteiger partial charge in [-0.3, -0.25) is 4.79 Å². The summed E-state index contributed by atoms with van der Waals surface area (Å²) in [6.07, 6.45) is 1.73. The molecule has 3 rings (SSSR count). The minimum Gasteiger partial charge on any atom is -0.379 e. The van der Waals surface area contributed by atoms with Gasteiger partial charge in [-0.15, -0.1) is 11.3 Å². The van der Waals surface area contributed by atoms with Crippen LogP contribution in [0.4, 0.5) is 11.4 Å². The molecular formula is C18H16ClN3OS. The second kappa shape index (κ2) is 7.47. The Morgan fingerprint density at radius 1 is 1.17 bits per heavy atom. The molecule has 24 heavy (non-hydrogen) atoms. The fourth-order valence-electron chi connectivity index (χ4n) is 2.22. The van der Waals surface area contributed by atoms with E-state index in [-0.39, 0.29) is 5.91 Å². The summed E-state index contributed by atoms with van der Waals surface area (Å²) in [5, 5.41) is 6.19. The summed E-state index contributed by atoms with van der Waals surface area (Å²) in [7, 11) is 0. The van der Waals surface area contributed by atoms with Gasteiger partial charge >= 0.3 is 0 Å². The maximum Gasteiger partial charge on any atom is 0.257 e. The molecule has 3 aromatic rings. The lowest BCUT2D eigenvalue weighted by Crippen LogP contribution is -2.14. The summed E-state index contributed by atoms with van der Waals surface area (Å²) in [4.78, 5) is 17.6. The van der Waals surface area contributed by atoms with Gasteiger partial charge in [-0.1, -0.05) is 41.4 Å². The Morgan fingerprint density at radius 2 is 1.92 bits per heavy atom. The van der Waals surface area contributed by atoms with Crippen LogP contribution in [0.5, 0.6) is 0 Å². The Kier molecular flexibility index (Phi) is 5.13. The van der Waals surface area contributed by atoms with Crippen molar-refractivity contribution in [3.8, 4) is 0 Å². The molecule has 1 aromatic heterocycles. The van der Waals surface area contributed by atoms with Crippen molar-refractivity contribution >= 4 is 40.2 Å². The summed E-state index contributed by atoms with van der Waals surface area (Å²) in [6.45, 7) is 2.58. The van der Waals surface area contributed by atoms with Gasteiger partial charge in [0.1, 0.15) is 0 Å². The van der Waals surface area contributed by atoms with E-state index in [9.17, 15) is 4.79 Å². The molecule has 0 fully saturated rings. The second-order valence-electron chi connectivity index (χ2n) is 5.30. The van der Waals surface area contributed by atoms with Crippen LogP contribution in [0.2, 0.25) is 4.47 Å². The zero-order chi connectivity index (χ0) is 16.9. The van der Waals surface area contributed by atoms with Crippen molar-refractivity contribution < 1.29 is 4.79 Å². The van der Waals surface area contributed by atoms with Crippen molar-refractivity contribution in [2.24, 2.45) is 0 Å². The number of aromatic nitrogens is 1. The molecule has 0 aliphatic heterocycles. The standard InChI is InChI=1S/C18H16ClN3OS/c1-12-6-8-13(9-7-12)22-17(23)15-4-2-3-5-16(15)20-10-14-11-21-18(19)24-14/h2-9,11,20H,10H2,1H3,(H,22,23). The lowest BCUT2D eigenvalue weighted by Gasteiger charge is -2.11. The number of thiazole rings is 1. The van der Waals surface area contributed by atoms with E-state index in [2.05, 4.69) is 15.6 Å². The van der Waals surface area contributed by atoms with Crippen LogP contribution in [-0.2, 0) is 6.54 Å². The average molecular weight is 358 g/mol. The Labute approximate surface area is 149 Å². The van der Waals surface area contributed by atoms with Crippen molar-refractivity contribution in [1.29, 1.82) is 0 Å². The number of hydrogen-bond donors (Lipinski definition) is 2. The van der Waals surface area contributed by atoms with E-state index < -0.39 is 0 Å². The van der Waals surface area contributed by atoms with Gasteiger partial charge in [-0.05, 0) is 31.2 Å². The molecule has 0 unspecified atom stereocenters. The average Bonchev–Trinajstić information content (AvgIpc) is 3.01. The number of amides is 1. The highest BCUT2D eigenvalue weighted by atomic mass is 35.5. The van der Waals surface area contributed by atoms with Crippen LogP contribution in [0.25, 0.3) is 0 Å². The number of aryl methyl sites for hydroxylation is 1. The number of benzene rings is 2.